The van der Waals surface area contributed by atoms with E-state index in [1.165, 1.54) is 10.5 Å². The summed E-state index contributed by atoms with van der Waals surface area (Å²) in [6, 6.07) is 11.5. The van der Waals surface area contributed by atoms with Gasteiger partial charge in [0.05, 0.1) is 11.0 Å². The number of benzene rings is 1. The van der Waals surface area contributed by atoms with Crippen LogP contribution in [-0.2, 0) is 23.5 Å². The topological polar surface area (TPSA) is 83.4 Å². The standard InChI is InChI=1S/C21H28N6O2S/c1-25-12-14-27(15-13-25)30(28,29)17-9-10-20(23-16-17)22-11-5-8-21-24-18-6-3-4-7-19(18)26(21)2/h3-4,6-7,9-10,16H,5,8,11-15H2,1-2H3,(H,22,23). The van der Waals surface area contributed by atoms with E-state index in [-0.39, 0.29) is 4.90 Å². The van der Waals surface area contributed by atoms with Crippen LogP contribution >= 0.6 is 0 Å². The second kappa shape index (κ2) is 8.71. The maximum absolute atomic E-state index is 12.8. The number of pyridine rings is 1. The van der Waals surface area contributed by atoms with Crippen molar-refractivity contribution in [3.05, 3.63) is 48.4 Å². The molecule has 0 unspecified atom stereocenters. The Hall–Kier alpha value is -2.49. The second-order valence-electron chi connectivity index (χ2n) is 7.69. The van der Waals surface area contributed by atoms with Crippen molar-refractivity contribution in [2.75, 3.05) is 45.1 Å². The van der Waals surface area contributed by atoms with Crippen molar-refractivity contribution in [1.82, 2.24) is 23.7 Å². The number of nitrogens with zero attached hydrogens (tertiary/aromatic N) is 5. The molecule has 3 aromatic rings. The Labute approximate surface area is 177 Å². The number of piperazine rings is 1. The van der Waals surface area contributed by atoms with Crippen LogP contribution < -0.4 is 5.32 Å². The number of fused-ring (bicyclic) bond motifs is 1. The number of nitrogens with one attached hydrogen (secondary N) is 1. The van der Waals surface area contributed by atoms with Gasteiger partial charge in [-0.05, 0) is 37.7 Å². The van der Waals surface area contributed by atoms with Gasteiger partial charge in [-0.15, -0.1) is 0 Å². The molecule has 9 heteroatoms. The van der Waals surface area contributed by atoms with Gasteiger partial charge in [0.15, 0.2) is 0 Å². The summed E-state index contributed by atoms with van der Waals surface area (Å²) in [7, 11) is 0.567. The SMILES string of the molecule is CN1CCN(S(=O)(=O)c2ccc(NCCCc3nc4ccccc4n3C)nc2)CC1. The van der Waals surface area contributed by atoms with E-state index in [0.29, 0.717) is 18.9 Å². The molecule has 160 valence electrons. The molecule has 0 spiro atoms. The zero-order valence-corrected chi connectivity index (χ0v) is 18.3. The van der Waals surface area contributed by atoms with E-state index in [0.717, 1.165) is 49.3 Å². The van der Waals surface area contributed by atoms with Crippen molar-refractivity contribution in [2.24, 2.45) is 7.05 Å². The summed E-state index contributed by atoms with van der Waals surface area (Å²) in [5.41, 5.74) is 2.15. The zero-order valence-electron chi connectivity index (χ0n) is 17.5. The van der Waals surface area contributed by atoms with Crippen LogP contribution in [0.3, 0.4) is 0 Å². The Kier molecular flexibility index (Phi) is 6.03. The molecule has 0 bridgehead atoms. The summed E-state index contributed by atoms with van der Waals surface area (Å²) in [6.07, 6.45) is 3.20. The molecule has 0 saturated carbocycles. The summed E-state index contributed by atoms with van der Waals surface area (Å²) < 4.78 is 29.2. The molecule has 1 fully saturated rings. The van der Waals surface area contributed by atoms with E-state index in [1.54, 1.807) is 12.1 Å². The first-order chi connectivity index (χ1) is 14.4. The van der Waals surface area contributed by atoms with Gasteiger partial charge in [-0.25, -0.2) is 18.4 Å². The molecule has 0 radical (unpaired) electrons. The molecule has 1 N–H and O–H groups in total. The summed E-state index contributed by atoms with van der Waals surface area (Å²) >= 11 is 0. The lowest BCUT2D eigenvalue weighted by Gasteiger charge is -2.31. The minimum atomic E-state index is -3.48. The number of anilines is 1. The van der Waals surface area contributed by atoms with Crippen LogP contribution in [0.2, 0.25) is 0 Å². The van der Waals surface area contributed by atoms with E-state index >= 15 is 0 Å². The Morgan fingerprint density at radius 3 is 2.50 bits per heavy atom. The highest BCUT2D eigenvalue weighted by Gasteiger charge is 2.27. The summed E-state index contributed by atoms with van der Waals surface area (Å²) in [4.78, 5) is 11.4. The van der Waals surface area contributed by atoms with Crippen molar-refractivity contribution >= 4 is 26.9 Å². The fraction of sp³-hybridized carbons (Fsp3) is 0.429. The molecule has 0 aliphatic carbocycles. The molecule has 1 aliphatic heterocycles. The van der Waals surface area contributed by atoms with Gasteiger partial charge in [-0.1, -0.05) is 12.1 Å². The maximum atomic E-state index is 12.8. The third-order valence-corrected chi connectivity index (χ3v) is 7.48. The Morgan fingerprint density at radius 2 is 1.80 bits per heavy atom. The van der Waals surface area contributed by atoms with Crippen LogP contribution in [0.5, 0.6) is 0 Å². The predicted octanol–water partition coefficient (Wildman–Crippen LogP) is 1.95. The number of para-hydroxylation sites is 2. The Bertz CT molecular complexity index is 1100. The van der Waals surface area contributed by atoms with Gasteiger partial charge in [0.25, 0.3) is 0 Å². The summed E-state index contributed by atoms with van der Waals surface area (Å²) in [5, 5.41) is 3.27. The van der Waals surface area contributed by atoms with E-state index in [2.05, 4.69) is 30.8 Å². The molecular weight excluding hydrogens is 400 g/mol. The van der Waals surface area contributed by atoms with E-state index in [1.807, 2.05) is 32.3 Å². The van der Waals surface area contributed by atoms with Crippen molar-refractivity contribution < 1.29 is 8.42 Å². The highest BCUT2D eigenvalue weighted by Crippen LogP contribution is 2.18. The number of aryl methyl sites for hydroxylation is 2. The smallest absolute Gasteiger partial charge is 0.244 e. The number of imidazole rings is 1. The van der Waals surface area contributed by atoms with E-state index < -0.39 is 10.0 Å². The molecule has 4 rings (SSSR count). The van der Waals surface area contributed by atoms with Gasteiger partial charge >= 0.3 is 0 Å². The van der Waals surface area contributed by atoms with Gasteiger partial charge in [0, 0.05) is 52.4 Å². The van der Waals surface area contributed by atoms with Gasteiger partial charge < -0.3 is 14.8 Å². The molecule has 0 atom stereocenters. The molecule has 1 aromatic carbocycles. The fourth-order valence-electron chi connectivity index (χ4n) is 3.70. The molecule has 30 heavy (non-hydrogen) atoms. The van der Waals surface area contributed by atoms with Gasteiger partial charge in [0.2, 0.25) is 10.0 Å². The van der Waals surface area contributed by atoms with Crippen LogP contribution in [0.4, 0.5) is 5.82 Å². The average Bonchev–Trinajstić information content (AvgIpc) is 3.08. The molecule has 1 aliphatic rings. The fourth-order valence-corrected chi connectivity index (χ4v) is 5.07. The molecule has 8 nitrogen and oxygen atoms in total. The predicted molar refractivity (Wildman–Crippen MR) is 118 cm³/mol. The number of hydrogen-bond donors (Lipinski definition) is 1. The van der Waals surface area contributed by atoms with Crippen molar-refractivity contribution in [3.63, 3.8) is 0 Å². The van der Waals surface area contributed by atoms with Crippen LogP contribution in [0.25, 0.3) is 11.0 Å². The van der Waals surface area contributed by atoms with Crippen LogP contribution in [-0.4, -0.2) is 71.9 Å². The average molecular weight is 429 g/mol. The van der Waals surface area contributed by atoms with Gasteiger partial charge in [-0.2, -0.15) is 4.31 Å². The quantitative estimate of drug-likeness (QED) is 0.579. The summed E-state index contributed by atoms with van der Waals surface area (Å²) in [5.74, 6) is 1.73. The number of likely N-dealkylation sites (N-methyl/N-ethyl adjacent to an activating group) is 1. The lowest BCUT2D eigenvalue weighted by atomic mass is 10.3. The zero-order chi connectivity index (χ0) is 21.1. The molecular formula is C21H28N6O2S. The van der Waals surface area contributed by atoms with Crippen LogP contribution in [0, 0.1) is 0 Å². The van der Waals surface area contributed by atoms with Crippen molar-refractivity contribution in [1.29, 1.82) is 0 Å². The van der Waals surface area contributed by atoms with E-state index in [4.69, 9.17) is 0 Å². The van der Waals surface area contributed by atoms with E-state index in [9.17, 15) is 8.42 Å². The van der Waals surface area contributed by atoms with Crippen molar-refractivity contribution in [3.8, 4) is 0 Å². The number of aromatic nitrogens is 3. The third kappa shape index (κ3) is 4.33. The molecule has 0 amide bonds. The summed E-state index contributed by atoms with van der Waals surface area (Å²) in [6.45, 7) is 3.26. The highest BCUT2D eigenvalue weighted by molar-refractivity contribution is 7.89. The first-order valence-corrected chi connectivity index (χ1v) is 11.7. The van der Waals surface area contributed by atoms with Crippen LogP contribution in [0.1, 0.15) is 12.2 Å². The number of sulfonamides is 1. The van der Waals surface area contributed by atoms with Gasteiger partial charge in [-0.3, -0.25) is 0 Å². The minimum absolute atomic E-state index is 0.248. The highest BCUT2D eigenvalue weighted by atomic mass is 32.2. The minimum Gasteiger partial charge on any atom is -0.370 e. The number of rotatable bonds is 7. The Balaban J connectivity index is 1.31. The van der Waals surface area contributed by atoms with Gasteiger partial charge in [0.1, 0.15) is 16.5 Å². The monoisotopic (exact) mass is 428 g/mol. The largest absolute Gasteiger partial charge is 0.370 e. The second-order valence-corrected chi connectivity index (χ2v) is 9.63. The number of hydrogen-bond acceptors (Lipinski definition) is 6. The first kappa shape index (κ1) is 20.8. The molecule has 3 heterocycles. The third-order valence-electron chi connectivity index (χ3n) is 5.60. The maximum Gasteiger partial charge on any atom is 0.244 e. The normalized spacial score (nSPS) is 16.2. The lowest BCUT2D eigenvalue weighted by molar-refractivity contribution is 0.222. The molecule has 1 saturated heterocycles. The first-order valence-electron chi connectivity index (χ1n) is 10.2. The Morgan fingerprint density at radius 1 is 1.03 bits per heavy atom. The van der Waals surface area contributed by atoms with Crippen LogP contribution in [0.15, 0.2) is 47.5 Å². The lowest BCUT2D eigenvalue weighted by Crippen LogP contribution is -2.47. The molecule has 2 aromatic heterocycles. The van der Waals surface area contributed by atoms with Crippen molar-refractivity contribution in [2.45, 2.75) is 17.7 Å².